The Morgan fingerprint density at radius 1 is 1.30 bits per heavy atom. The largest absolute Gasteiger partial charge is 0.382 e. The molecule has 0 aliphatic rings. The molecule has 0 aromatic heterocycles. The number of hydrogen-bond acceptors (Lipinski definition) is 4. The third kappa shape index (κ3) is 2.24. The number of hydrogen-bond donors (Lipinski definition) is 4. The Labute approximate surface area is 62.8 Å². The summed E-state index contributed by atoms with van der Waals surface area (Å²) in [5, 5.41) is 7.49. The molecule has 6 heteroatoms. The van der Waals surface area contributed by atoms with Crippen LogP contribution in [0.3, 0.4) is 0 Å². The van der Waals surface area contributed by atoms with E-state index in [2.05, 4.69) is 18.4 Å². The van der Waals surface area contributed by atoms with Gasteiger partial charge in [0.2, 0.25) is 11.8 Å². The van der Waals surface area contributed by atoms with Crippen LogP contribution in [0, 0.1) is 0 Å². The molecule has 5 nitrogen and oxygen atoms in total. The van der Waals surface area contributed by atoms with Gasteiger partial charge in [0.15, 0.2) is 6.10 Å². The molecule has 58 valence electrons. The lowest BCUT2D eigenvalue weighted by Gasteiger charge is -2.09. The number of carbonyl (C=O) groups excluding carboxylic acids is 2. The van der Waals surface area contributed by atoms with Gasteiger partial charge in [-0.2, -0.15) is 12.6 Å². The smallest absolute Gasteiger partial charge is 0.247 e. The van der Waals surface area contributed by atoms with Crippen LogP contribution in [-0.4, -0.2) is 28.3 Å². The van der Waals surface area contributed by atoms with Gasteiger partial charge in [0.05, 0.1) is 0 Å². The average molecular weight is 164 g/mol. The third-order valence-corrected chi connectivity index (χ3v) is 1.42. The van der Waals surface area contributed by atoms with E-state index in [0.29, 0.717) is 0 Å². The number of primary amides is 2. The standard InChI is InChI=1S/C4H8N2O3S/c5-3(8)1(7)2(10)4(6)9/h1-2,7,10H,(H2,5,8)(H2,6,9)/t1-,2+/m0/s1. The summed E-state index contributed by atoms with van der Waals surface area (Å²) in [7, 11) is 0. The van der Waals surface area contributed by atoms with Gasteiger partial charge < -0.3 is 16.6 Å². The van der Waals surface area contributed by atoms with Crippen molar-refractivity contribution in [2.24, 2.45) is 11.5 Å². The van der Waals surface area contributed by atoms with Gasteiger partial charge in [-0.3, -0.25) is 9.59 Å². The van der Waals surface area contributed by atoms with Crippen LogP contribution in [0.5, 0.6) is 0 Å². The van der Waals surface area contributed by atoms with Gasteiger partial charge in [-0.1, -0.05) is 0 Å². The minimum absolute atomic E-state index is 0.880. The maximum Gasteiger partial charge on any atom is 0.247 e. The molecule has 0 fully saturated rings. The number of aliphatic hydroxyl groups excluding tert-OH is 1. The molecule has 0 saturated carbocycles. The Hall–Kier alpha value is -0.750. The Bertz CT molecular complexity index is 143. The van der Waals surface area contributed by atoms with Crippen LogP contribution in [0.4, 0.5) is 0 Å². The quantitative estimate of drug-likeness (QED) is 0.350. The van der Waals surface area contributed by atoms with E-state index in [1.807, 2.05) is 0 Å². The minimum Gasteiger partial charge on any atom is -0.382 e. The molecular formula is C4H8N2O3S. The molecule has 0 spiro atoms. The van der Waals surface area contributed by atoms with Crippen LogP contribution in [0.1, 0.15) is 0 Å². The lowest BCUT2D eigenvalue weighted by molar-refractivity contribution is -0.130. The number of carbonyl (C=O) groups is 2. The molecule has 0 rings (SSSR count). The number of aliphatic hydroxyl groups is 1. The highest BCUT2D eigenvalue weighted by molar-refractivity contribution is 7.81. The van der Waals surface area contributed by atoms with E-state index in [1.165, 1.54) is 0 Å². The molecular weight excluding hydrogens is 156 g/mol. The first kappa shape index (κ1) is 9.25. The molecule has 5 N–H and O–H groups in total. The zero-order chi connectivity index (χ0) is 8.31. The Balaban J connectivity index is 4.07. The van der Waals surface area contributed by atoms with Gasteiger partial charge in [0.25, 0.3) is 0 Å². The van der Waals surface area contributed by atoms with Crippen LogP contribution in [0.25, 0.3) is 0 Å². The van der Waals surface area contributed by atoms with Crippen LogP contribution in [0.15, 0.2) is 0 Å². The molecule has 2 amide bonds. The van der Waals surface area contributed by atoms with Gasteiger partial charge in [0.1, 0.15) is 5.25 Å². The summed E-state index contributed by atoms with van der Waals surface area (Å²) in [6, 6.07) is 0. The number of rotatable bonds is 3. The second-order valence-corrected chi connectivity index (χ2v) is 2.25. The molecule has 0 bridgehead atoms. The van der Waals surface area contributed by atoms with E-state index < -0.39 is 23.2 Å². The SMILES string of the molecule is NC(=O)[C@@H](O)[C@@H](S)C(N)=O. The summed E-state index contributed by atoms with van der Waals surface area (Å²) < 4.78 is 0. The molecule has 0 aliphatic heterocycles. The Kier molecular flexibility index (Phi) is 3.17. The van der Waals surface area contributed by atoms with Crippen LogP contribution in [0.2, 0.25) is 0 Å². The summed E-state index contributed by atoms with van der Waals surface area (Å²) in [5.74, 6) is -1.89. The van der Waals surface area contributed by atoms with Crippen molar-refractivity contribution in [3.05, 3.63) is 0 Å². The summed E-state index contributed by atoms with van der Waals surface area (Å²) >= 11 is 3.53. The fourth-order valence-corrected chi connectivity index (χ4v) is 0.458. The number of thiol groups is 1. The van der Waals surface area contributed by atoms with E-state index in [9.17, 15) is 9.59 Å². The predicted octanol–water partition coefficient (Wildman–Crippen LogP) is -2.38. The molecule has 0 aliphatic carbocycles. The maximum atomic E-state index is 10.2. The molecule has 0 saturated heterocycles. The van der Waals surface area contributed by atoms with E-state index in [4.69, 9.17) is 10.8 Å². The van der Waals surface area contributed by atoms with Gasteiger partial charge >= 0.3 is 0 Å². The molecule has 0 heterocycles. The first-order valence-corrected chi connectivity index (χ1v) is 2.93. The zero-order valence-corrected chi connectivity index (χ0v) is 5.91. The van der Waals surface area contributed by atoms with Crippen molar-refractivity contribution in [2.45, 2.75) is 11.4 Å². The van der Waals surface area contributed by atoms with Crippen molar-refractivity contribution in [2.75, 3.05) is 0 Å². The fraction of sp³-hybridized carbons (Fsp3) is 0.500. The van der Waals surface area contributed by atoms with Gasteiger partial charge in [-0.15, -0.1) is 0 Å². The lowest BCUT2D eigenvalue weighted by Crippen LogP contribution is -2.42. The first-order chi connectivity index (χ1) is 4.46. The lowest BCUT2D eigenvalue weighted by atomic mass is 10.2. The number of nitrogens with two attached hydrogens (primary N) is 2. The number of amides is 2. The summed E-state index contributed by atoms with van der Waals surface area (Å²) in [5.41, 5.74) is 9.32. The van der Waals surface area contributed by atoms with E-state index in [-0.39, 0.29) is 0 Å². The van der Waals surface area contributed by atoms with Crippen molar-refractivity contribution >= 4 is 24.4 Å². The summed E-state index contributed by atoms with van der Waals surface area (Å²) in [6.07, 6.45) is -1.61. The van der Waals surface area contributed by atoms with E-state index in [1.54, 1.807) is 0 Å². The maximum absolute atomic E-state index is 10.2. The highest BCUT2D eigenvalue weighted by Crippen LogP contribution is 1.99. The summed E-state index contributed by atoms with van der Waals surface area (Å²) in [6.45, 7) is 0. The van der Waals surface area contributed by atoms with Crippen molar-refractivity contribution in [1.82, 2.24) is 0 Å². The second-order valence-electron chi connectivity index (χ2n) is 1.69. The Morgan fingerprint density at radius 2 is 1.70 bits per heavy atom. The van der Waals surface area contributed by atoms with Crippen LogP contribution in [-0.2, 0) is 9.59 Å². The third-order valence-electron chi connectivity index (χ3n) is 0.882. The second kappa shape index (κ2) is 3.43. The van der Waals surface area contributed by atoms with Gasteiger partial charge in [-0.05, 0) is 0 Å². The highest BCUT2D eigenvalue weighted by Gasteiger charge is 2.24. The van der Waals surface area contributed by atoms with Crippen molar-refractivity contribution in [3.63, 3.8) is 0 Å². The van der Waals surface area contributed by atoms with Gasteiger partial charge in [0, 0.05) is 0 Å². The zero-order valence-electron chi connectivity index (χ0n) is 5.02. The van der Waals surface area contributed by atoms with E-state index >= 15 is 0 Å². The van der Waals surface area contributed by atoms with Crippen molar-refractivity contribution in [3.8, 4) is 0 Å². The molecule has 0 aromatic carbocycles. The summed E-state index contributed by atoms with van der Waals surface area (Å²) in [4.78, 5) is 20.4. The molecule has 2 atom stereocenters. The van der Waals surface area contributed by atoms with Gasteiger partial charge in [-0.25, -0.2) is 0 Å². The minimum atomic E-state index is -1.61. The molecule has 10 heavy (non-hydrogen) atoms. The monoisotopic (exact) mass is 164 g/mol. The topological polar surface area (TPSA) is 106 Å². The average Bonchev–Trinajstić information content (AvgIpc) is 1.84. The molecule has 0 unspecified atom stereocenters. The van der Waals surface area contributed by atoms with E-state index in [0.717, 1.165) is 0 Å². The predicted molar refractivity (Wildman–Crippen MR) is 37.2 cm³/mol. The van der Waals surface area contributed by atoms with Crippen molar-refractivity contribution < 1.29 is 14.7 Å². The molecule has 0 aromatic rings. The Morgan fingerprint density at radius 3 is 1.80 bits per heavy atom. The normalized spacial score (nSPS) is 15.8. The highest BCUT2D eigenvalue weighted by atomic mass is 32.1. The fourth-order valence-electron chi connectivity index (χ4n) is 0.311. The van der Waals surface area contributed by atoms with Crippen molar-refractivity contribution in [1.29, 1.82) is 0 Å². The molecule has 0 radical (unpaired) electrons. The first-order valence-electron chi connectivity index (χ1n) is 2.41. The van der Waals surface area contributed by atoms with Crippen LogP contribution >= 0.6 is 12.6 Å². The van der Waals surface area contributed by atoms with Crippen LogP contribution < -0.4 is 11.5 Å².